The number of thioether (sulfide) groups is 1. The molecule has 2 aliphatic carbocycles. The third-order valence-corrected chi connectivity index (χ3v) is 23.6. The van der Waals surface area contributed by atoms with Gasteiger partial charge in [-0.15, -0.1) is 0 Å². The quantitative estimate of drug-likeness (QED) is 0.0337. The molecule has 28 nitrogen and oxygen atoms in total. The molecule has 4 rings (SSSR count). The van der Waals surface area contributed by atoms with Crippen LogP contribution in [0.4, 0.5) is 4.79 Å². The van der Waals surface area contributed by atoms with E-state index in [0.29, 0.717) is 44.2 Å². The van der Waals surface area contributed by atoms with Gasteiger partial charge in [0.15, 0.2) is 0 Å². The van der Waals surface area contributed by atoms with Crippen molar-refractivity contribution in [1.82, 2.24) is 50.9 Å². The number of carbonyl (C=O) groups excluding carboxylic acids is 10. The molecule has 4 aliphatic rings. The molecule has 0 radical (unpaired) electrons. The Bertz CT molecular complexity index is 2910. The number of sulfonamides is 1. The van der Waals surface area contributed by atoms with Crippen LogP contribution < -0.4 is 37.0 Å². The highest BCUT2D eigenvalue weighted by Crippen LogP contribution is 2.45. The molecule has 1 saturated carbocycles. The van der Waals surface area contributed by atoms with Crippen LogP contribution in [-0.4, -0.2) is 252 Å². The Morgan fingerprint density at radius 3 is 1.93 bits per heavy atom. The maximum atomic E-state index is 14.5. The Hall–Kier alpha value is -5.76. The summed E-state index contributed by atoms with van der Waals surface area (Å²) in [6.45, 7) is 22.5. The van der Waals surface area contributed by atoms with Gasteiger partial charge >= 0.3 is 6.03 Å². The first kappa shape index (κ1) is 86.6. The summed E-state index contributed by atoms with van der Waals surface area (Å²) >= 11 is 1.64. The van der Waals surface area contributed by atoms with Crippen molar-refractivity contribution in [3.8, 4) is 0 Å². The number of likely N-dealkylation sites (N-methyl/N-ethyl adjacent to an activating group) is 2. The predicted molar refractivity (Wildman–Crippen MR) is 382 cm³/mol. The van der Waals surface area contributed by atoms with Gasteiger partial charge in [-0.3, -0.25) is 57.7 Å². The zero-order valence-corrected chi connectivity index (χ0v) is 64.2. The van der Waals surface area contributed by atoms with Crippen LogP contribution in [0.15, 0.2) is 23.8 Å². The van der Waals surface area contributed by atoms with Gasteiger partial charge in [-0.25, -0.2) is 13.2 Å². The van der Waals surface area contributed by atoms with Crippen LogP contribution in [0.2, 0.25) is 0 Å². The number of hydrogen-bond acceptors (Lipinski definition) is 19. The molecular formula is C70H121N11O17S2. The molecule has 0 aromatic rings. The fourth-order valence-electron chi connectivity index (χ4n) is 14.0. The number of methoxy groups -OCH3 is 2. The molecule has 3 unspecified atom stereocenters. The van der Waals surface area contributed by atoms with E-state index in [1.165, 1.54) is 25.2 Å². The van der Waals surface area contributed by atoms with E-state index in [1.807, 2.05) is 80.6 Å². The van der Waals surface area contributed by atoms with Gasteiger partial charge in [0.05, 0.1) is 100 Å². The van der Waals surface area contributed by atoms with Crippen molar-refractivity contribution in [3.05, 3.63) is 23.8 Å². The lowest BCUT2D eigenvalue weighted by Crippen LogP contribution is -2.59. The van der Waals surface area contributed by atoms with Gasteiger partial charge in [0, 0.05) is 51.9 Å². The van der Waals surface area contributed by atoms with Crippen LogP contribution in [-0.2, 0) is 76.9 Å². The van der Waals surface area contributed by atoms with E-state index >= 15 is 0 Å². The van der Waals surface area contributed by atoms with E-state index < -0.39 is 111 Å². The number of likely N-dealkylation sites (tertiary alicyclic amines) is 2. The number of urea groups is 1. The lowest BCUT2D eigenvalue weighted by Gasteiger charge is -2.41. The molecule has 0 aromatic heterocycles. The number of carbonyl (C=O) groups is 10. The van der Waals surface area contributed by atoms with Gasteiger partial charge in [0.25, 0.3) is 0 Å². The number of rotatable bonds is 46. The third-order valence-electron chi connectivity index (χ3n) is 20.3. The summed E-state index contributed by atoms with van der Waals surface area (Å²) in [5.41, 5.74) is 5.04. The Balaban J connectivity index is 1.31. The molecule has 8 N–H and O–H groups in total. The van der Waals surface area contributed by atoms with Crippen LogP contribution in [0.3, 0.4) is 0 Å². The van der Waals surface area contributed by atoms with Gasteiger partial charge in [0.2, 0.25) is 63.2 Å². The van der Waals surface area contributed by atoms with Gasteiger partial charge in [0.1, 0.15) is 23.4 Å². The highest BCUT2D eigenvalue weighted by Gasteiger charge is 2.51. The second-order valence-corrected chi connectivity index (χ2v) is 31.5. The number of hydrogen-bond donors (Lipinski definition) is 7. The SMILES string of the molecule is CC[C@H](C)[C@@H]([C@@H](CC(=O)N1CCC[C@H]1[C@H](OC)C(C)C(=O)NS(=O)(=O)C1C=CC(C2(NC(=O)[C@H](CCCNC(N)=O)NC(=O)[C@@H](NC(=O)CCOCCOCCOCCN3C(=O)CC(C(CC)(CC)SC)C3=O)C(C)C)CC2)=CC1)OC)N(C)C(=O)[C@@H](NC(=O)[C@H](C(C)C)N(C)C)C(C)C. The fourth-order valence-corrected chi connectivity index (χ4v) is 16.3. The maximum Gasteiger partial charge on any atom is 0.312 e. The second-order valence-electron chi connectivity index (χ2n) is 28.3. The number of nitrogens with one attached hydrogen (secondary N) is 6. The predicted octanol–water partition coefficient (Wildman–Crippen LogP) is 3.79. The Morgan fingerprint density at radius 1 is 0.790 bits per heavy atom. The summed E-state index contributed by atoms with van der Waals surface area (Å²) in [4.78, 5) is 142. The fraction of sp³-hybridized carbons (Fsp3) is 0.800. The van der Waals surface area contributed by atoms with Crippen molar-refractivity contribution in [3.63, 3.8) is 0 Å². The van der Waals surface area contributed by atoms with E-state index in [2.05, 4.69) is 31.3 Å². The van der Waals surface area contributed by atoms with Gasteiger partial charge in [-0.1, -0.05) is 101 Å². The highest BCUT2D eigenvalue weighted by molar-refractivity contribution is 8.00. The minimum atomic E-state index is -4.35. The van der Waals surface area contributed by atoms with Gasteiger partial charge in [-0.05, 0) is 107 Å². The topological polar surface area (TPSA) is 362 Å². The second kappa shape index (κ2) is 40.9. The Morgan fingerprint density at radius 2 is 1.41 bits per heavy atom. The molecule has 0 spiro atoms. The number of nitrogens with zero attached hydrogens (tertiary/aromatic N) is 4. The van der Waals surface area contributed by atoms with Crippen LogP contribution >= 0.6 is 11.8 Å². The summed E-state index contributed by atoms with van der Waals surface area (Å²) in [5.74, 6) is -5.83. The molecule has 30 heteroatoms. The van der Waals surface area contributed by atoms with Crippen molar-refractivity contribution in [2.24, 2.45) is 41.2 Å². The highest BCUT2D eigenvalue weighted by atomic mass is 32.2. The van der Waals surface area contributed by atoms with E-state index in [4.69, 9.17) is 29.4 Å². The summed E-state index contributed by atoms with van der Waals surface area (Å²) in [7, 11) is 3.88. The smallest absolute Gasteiger partial charge is 0.312 e. The zero-order valence-electron chi connectivity index (χ0n) is 62.6. The van der Waals surface area contributed by atoms with Gasteiger partial charge < -0.3 is 65.8 Å². The van der Waals surface area contributed by atoms with Crippen LogP contribution in [0, 0.1) is 35.5 Å². The molecule has 2 saturated heterocycles. The zero-order chi connectivity index (χ0) is 75.0. The van der Waals surface area contributed by atoms with Crippen molar-refractivity contribution in [2.45, 2.75) is 224 Å². The van der Waals surface area contributed by atoms with E-state index in [9.17, 15) is 56.4 Å². The standard InChI is InChI=1S/C70H121N11O17S2/c1-18-46(10)60(79(14)67(90)58(44(6)7)75-65(88)59(45(8)9)78(12)13)53(94-15)42-56(84)80-33-22-24-52(80)61(95-16)47(11)62(85)77-100(92,93)49-27-25-48(26-28-49)69(30-31-69)76-63(86)51(23-21-32-72-68(71)91)73-64(87)57(43(4)5)74-54(82)29-35-96-37-39-98-40-38-97-36-34-81-55(83)41-50(66(81)89)70(19-2,20-3)99-17/h25-27,43-47,49-53,57-61H,18-24,28-42H2,1-17H3,(H,73,87)(H,74,82)(H,75,88)(H,76,86)(H,77,85)(H3,71,72,91)/t46-,47?,49?,50?,51-,52-,53+,57-,58-,59-,60-,61+/m0/s1. The molecule has 0 aromatic carbocycles. The summed E-state index contributed by atoms with van der Waals surface area (Å²) in [5, 5.41) is 13.0. The summed E-state index contributed by atoms with van der Waals surface area (Å²) in [6, 6.07) is -5.42. The monoisotopic (exact) mass is 1450 g/mol. The number of primary amides is 1. The lowest BCUT2D eigenvalue weighted by molar-refractivity contribution is -0.148. The average Bonchev–Trinajstić information content (AvgIpc) is 1.61. The molecule has 2 aliphatic heterocycles. The van der Waals surface area contributed by atoms with Crippen LogP contribution in [0.25, 0.3) is 0 Å². The molecular weight excluding hydrogens is 1330 g/mol. The van der Waals surface area contributed by atoms with Crippen LogP contribution in [0.5, 0.6) is 0 Å². The minimum absolute atomic E-state index is 0.0180. The number of amides is 11. The number of imide groups is 1. The molecule has 12 atom stereocenters. The van der Waals surface area contributed by atoms with E-state index in [-0.39, 0.29) is 149 Å². The van der Waals surface area contributed by atoms with Crippen molar-refractivity contribution in [2.75, 3.05) is 101 Å². The normalized spacial score (nSPS) is 20.4. The lowest BCUT2D eigenvalue weighted by atomic mass is 9.85. The molecule has 11 amide bonds. The maximum absolute atomic E-state index is 14.5. The molecule has 100 heavy (non-hydrogen) atoms. The van der Waals surface area contributed by atoms with Crippen molar-refractivity contribution < 1.29 is 80.0 Å². The largest absolute Gasteiger partial charge is 0.379 e. The van der Waals surface area contributed by atoms with Gasteiger partial charge in [-0.2, -0.15) is 11.8 Å². The van der Waals surface area contributed by atoms with E-state index in [0.717, 1.165) is 12.8 Å². The van der Waals surface area contributed by atoms with E-state index in [1.54, 1.807) is 61.5 Å². The number of ether oxygens (including phenoxy) is 5. The molecule has 570 valence electrons. The van der Waals surface area contributed by atoms with Crippen molar-refractivity contribution >= 4 is 81.0 Å². The first-order valence-electron chi connectivity index (χ1n) is 35.8. The van der Waals surface area contributed by atoms with Crippen LogP contribution in [0.1, 0.15) is 160 Å². The molecule has 2 heterocycles. The minimum Gasteiger partial charge on any atom is -0.379 e. The first-order valence-corrected chi connectivity index (χ1v) is 38.5. The number of nitrogens with two attached hydrogens (primary N) is 1. The molecule has 0 bridgehead atoms. The Kier molecular flexibility index (Phi) is 35.5. The Labute approximate surface area is 598 Å². The summed E-state index contributed by atoms with van der Waals surface area (Å²) in [6.07, 6.45) is 9.68. The third kappa shape index (κ3) is 23.9. The first-order chi connectivity index (χ1) is 47.2. The summed E-state index contributed by atoms with van der Waals surface area (Å²) < 4.78 is 58.9. The van der Waals surface area contributed by atoms with Crippen molar-refractivity contribution in [1.29, 1.82) is 0 Å². The molecule has 3 fully saturated rings. The average molecular weight is 1450 g/mol. The number of allylic oxidation sites excluding steroid dienone is 1.